The van der Waals surface area contributed by atoms with Gasteiger partial charge in [-0.15, -0.1) is 10.2 Å². The molecule has 0 unspecified atom stereocenters. The van der Waals surface area contributed by atoms with Crippen LogP contribution in [0.3, 0.4) is 0 Å². The molecule has 0 atom stereocenters. The summed E-state index contributed by atoms with van der Waals surface area (Å²) in [5.41, 5.74) is 1.81. The molecule has 0 aliphatic carbocycles. The third kappa shape index (κ3) is 3.96. The standard InChI is InChI=1S/C13H14N4S3/c1-3-15-8-9-4-5-11(10(6-9)7-14)19-13-17-16-12(18-2)20-13/h4-6,15H,3,8H2,1-2H3. The summed E-state index contributed by atoms with van der Waals surface area (Å²) in [5, 5.41) is 20.7. The fourth-order valence-electron chi connectivity index (χ4n) is 1.55. The molecule has 104 valence electrons. The Morgan fingerprint density at radius 3 is 2.80 bits per heavy atom. The van der Waals surface area contributed by atoms with Gasteiger partial charge in [-0.1, -0.05) is 47.9 Å². The molecular weight excluding hydrogens is 308 g/mol. The van der Waals surface area contributed by atoms with Crippen LogP contribution in [-0.4, -0.2) is 23.0 Å². The van der Waals surface area contributed by atoms with E-state index < -0.39 is 0 Å². The molecule has 7 heteroatoms. The monoisotopic (exact) mass is 322 g/mol. The van der Waals surface area contributed by atoms with Gasteiger partial charge >= 0.3 is 0 Å². The Balaban J connectivity index is 2.17. The van der Waals surface area contributed by atoms with Crippen LogP contribution in [0.2, 0.25) is 0 Å². The topological polar surface area (TPSA) is 61.6 Å². The van der Waals surface area contributed by atoms with E-state index in [1.54, 1.807) is 23.1 Å². The molecule has 0 aliphatic rings. The molecule has 1 aromatic heterocycles. The quantitative estimate of drug-likeness (QED) is 0.823. The zero-order valence-electron chi connectivity index (χ0n) is 11.2. The van der Waals surface area contributed by atoms with Crippen LogP contribution < -0.4 is 5.32 Å². The molecule has 1 aromatic carbocycles. The molecule has 0 saturated heterocycles. The highest BCUT2D eigenvalue weighted by atomic mass is 32.2. The highest BCUT2D eigenvalue weighted by Gasteiger charge is 2.09. The van der Waals surface area contributed by atoms with Gasteiger partial charge in [0.2, 0.25) is 0 Å². The maximum Gasteiger partial charge on any atom is 0.179 e. The normalized spacial score (nSPS) is 10.4. The second kappa shape index (κ2) is 7.64. The number of rotatable bonds is 6. The molecule has 1 N–H and O–H groups in total. The Morgan fingerprint density at radius 2 is 2.15 bits per heavy atom. The van der Waals surface area contributed by atoms with Crippen molar-refractivity contribution in [1.29, 1.82) is 5.26 Å². The van der Waals surface area contributed by atoms with Crippen LogP contribution in [0, 0.1) is 11.3 Å². The van der Waals surface area contributed by atoms with Gasteiger partial charge in [-0.2, -0.15) is 5.26 Å². The van der Waals surface area contributed by atoms with Gasteiger partial charge in [-0.25, -0.2) is 0 Å². The first-order valence-corrected chi connectivity index (χ1v) is 8.91. The summed E-state index contributed by atoms with van der Waals surface area (Å²) in [4.78, 5) is 0.927. The van der Waals surface area contributed by atoms with E-state index in [2.05, 4.69) is 28.5 Å². The number of nitrogens with one attached hydrogen (secondary N) is 1. The van der Waals surface area contributed by atoms with Gasteiger partial charge in [-0.3, -0.25) is 0 Å². The van der Waals surface area contributed by atoms with E-state index in [9.17, 15) is 5.26 Å². The Hall–Kier alpha value is -1.07. The number of hydrogen-bond acceptors (Lipinski definition) is 7. The highest BCUT2D eigenvalue weighted by molar-refractivity contribution is 8.03. The molecular formula is C13H14N4S3. The zero-order chi connectivity index (χ0) is 14.4. The molecule has 0 radical (unpaired) electrons. The Bertz CT molecular complexity index is 618. The van der Waals surface area contributed by atoms with E-state index in [1.807, 2.05) is 24.5 Å². The summed E-state index contributed by atoms with van der Waals surface area (Å²) in [6.07, 6.45) is 1.98. The van der Waals surface area contributed by atoms with Crippen LogP contribution in [0.4, 0.5) is 0 Å². The lowest BCUT2D eigenvalue weighted by molar-refractivity contribution is 0.726. The summed E-state index contributed by atoms with van der Waals surface area (Å²) in [6.45, 7) is 3.76. The zero-order valence-corrected chi connectivity index (χ0v) is 13.7. The molecule has 0 amide bonds. The van der Waals surface area contributed by atoms with E-state index >= 15 is 0 Å². The predicted molar refractivity (Wildman–Crippen MR) is 84.4 cm³/mol. The molecule has 2 rings (SSSR count). The van der Waals surface area contributed by atoms with Gasteiger partial charge in [0.25, 0.3) is 0 Å². The predicted octanol–water partition coefficient (Wildman–Crippen LogP) is 3.39. The summed E-state index contributed by atoms with van der Waals surface area (Å²) in [7, 11) is 0. The second-order valence-corrected chi connectivity index (χ2v) is 7.18. The molecule has 0 spiro atoms. The number of nitriles is 1. The van der Waals surface area contributed by atoms with Gasteiger partial charge in [0.15, 0.2) is 8.68 Å². The Morgan fingerprint density at radius 1 is 1.35 bits per heavy atom. The van der Waals surface area contributed by atoms with Gasteiger partial charge in [-0.05, 0) is 30.5 Å². The number of nitrogens with zero attached hydrogens (tertiary/aromatic N) is 3. The third-order valence-electron chi connectivity index (χ3n) is 2.50. The number of aromatic nitrogens is 2. The summed E-state index contributed by atoms with van der Waals surface area (Å²) in [5.74, 6) is 0. The first-order chi connectivity index (χ1) is 9.76. The smallest absolute Gasteiger partial charge is 0.179 e. The van der Waals surface area contributed by atoms with Crippen LogP contribution in [0.15, 0.2) is 31.8 Å². The van der Waals surface area contributed by atoms with E-state index in [0.717, 1.165) is 32.2 Å². The van der Waals surface area contributed by atoms with E-state index in [4.69, 9.17) is 0 Å². The van der Waals surface area contributed by atoms with Crippen molar-refractivity contribution in [2.45, 2.75) is 27.0 Å². The van der Waals surface area contributed by atoms with Crippen molar-refractivity contribution in [3.05, 3.63) is 29.3 Å². The first-order valence-electron chi connectivity index (χ1n) is 6.06. The van der Waals surface area contributed by atoms with Gasteiger partial charge in [0, 0.05) is 11.4 Å². The van der Waals surface area contributed by atoms with Crippen molar-refractivity contribution in [3.8, 4) is 6.07 Å². The summed E-state index contributed by atoms with van der Waals surface area (Å²) >= 11 is 4.62. The average Bonchev–Trinajstić information content (AvgIpc) is 2.94. The lowest BCUT2D eigenvalue weighted by atomic mass is 10.1. The molecule has 0 fully saturated rings. The van der Waals surface area contributed by atoms with Crippen LogP contribution >= 0.6 is 34.9 Å². The van der Waals surface area contributed by atoms with Gasteiger partial charge in [0.05, 0.1) is 5.56 Å². The molecule has 1 heterocycles. The Labute approximate surface area is 131 Å². The highest BCUT2D eigenvalue weighted by Crippen LogP contribution is 2.34. The maximum atomic E-state index is 9.28. The molecule has 0 aliphatic heterocycles. The molecule has 2 aromatic rings. The minimum atomic E-state index is 0.686. The first kappa shape index (κ1) is 15.3. The summed E-state index contributed by atoms with van der Waals surface area (Å²) < 4.78 is 1.81. The maximum absolute atomic E-state index is 9.28. The average molecular weight is 322 g/mol. The van der Waals surface area contributed by atoms with Crippen molar-refractivity contribution in [2.75, 3.05) is 12.8 Å². The van der Waals surface area contributed by atoms with Crippen LogP contribution in [-0.2, 0) is 6.54 Å². The Kier molecular flexibility index (Phi) is 5.86. The second-order valence-electron chi connectivity index (χ2n) is 3.86. The fraction of sp³-hybridized carbons (Fsp3) is 0.308. The van der Waals surface area contributed by atoms with Crippen molar-refractivity contribution >= 4 is 34.9 Å². The molecule has 20 heavy (non-hydrogen) atoms. The SMILES string of the molecule is CCNCc1ccc(Sc2nnc(SC)s2)c(C#N)c1. The number of thioether (sulfide) groups is 1. The van der Waals surface area contributed by atoms with Gasteiger partial charge in [0.1, 0.15) is 6.07 Å². The minimum absolute atomic E-state index is 0.686. The largest absolute Gasteiger partial charge is 0.313 e. The van der Waals surface area contributed by atoms with E-state index in [-0.39, 0.29) is 0 Å². The van der Waals surface area contributed by atoms with Crippen molar-refractivity contribution in [3.63, 3.8) is 0 Å². The minimum Gasteiger partial charge on any atom is -0.313 e. The lowest BCUT2D eigenvalue weighted by Crippen LogP contribution is -2.11. The molecule has 0 saturated carbocycles. The third-order valence-corrected chi connectivity index (χ3v) is 5.53. The molecule has 4 nitrogen and oxygen atoms in total. The van der Waals surface area contributed by atoms with Crippen LogP contribution in [0.25, 0.3) is 0 Å². The van der Waals surface area contributed by atoms with Gasteiger partial charge < -0.3 is 5.32 Å². The van der Waals surface area contributed by atoms with Crippen molar-refractivity contribution in [1.82, 2.24) is 15.5 Å². The van der Waals surface area contributed by atoms with E-state index in [0.29, 0.717) is 5.56 Å². The lowest BCUT2D eigenvalue weighted by Gasteiger charge is -2.05. The van der Waals surface area contributed by atoms with Crippen LogP contribution in [0.5, 0.6) is 0 Å². The van der Waals surface area contributed by atoms with Crippen molar-refractivity contribution < 1.29 is 0 Å². The van der Waals surface area contributed by atoms with Crippen LogP contribution in [0.1, 0.15) is 18.1 Å². The molecule has 0 bridgehead atoms. The number of hydrogen-bond donors (Lipinski definition) is 1. The number of benzene rings is 1. The van der Waals surface area contributed by atoms with E-state index in [1.165, 1.54) is 11.8 Å². The summed E-state index contributed by atoms with van der Waals surface area (Å²) in [6, 6.07) is 8.21. The van der Waals surface area contributed by atoms with Crippen molar-refractivity contribution in [2.24, 2.45) is 0 Å². The fourth-order valence-corrected chi connectivity index (χ4v) is 4.00.